The highest BCUT2D eigenvalue weighted by Crippen LogP contribution is 2.28. The molecule has 3 aliphatic rings. The van der Waals surface area contributed by atoms with Crippen molar-refractivity contribution in [2.75, 3.05) is 51.1 Å². The van der Waals surface area contributed by atoms with Gasteiger partial charge >= 0.3 is 6.03 Å². The van der Waals surface area contributed by atoms with Crippen LogP contribution < -0.4 is 5.32 Å². The molecule has 0 spiro atoms. The predicted octanol–water partition coefficient (Wildman–Crippen LogP) is 5.19. The van der Waals surface area contributed by atoms with Gasteiger partial charge in [0.25, 0.3) is 0 Å². The molecule has 1 saturated carbocycles. The Hall–Kier alpha value is -1.01. The number of amides is 2. The number of halogens is 2. The maximum Gasteiger partial charge on any atom is 0.321 e. The molecule has 7 heteroatoms. The van der Waals surface area contributed by atoms with E-state index in [-0.39, 0.29) is 6.03 Å². The van der Waals surface area contributed by atoms with E-state index in [9.17, 15) is 4.79 Å². The average Bonchev–Trinajstić information content (AvgIpc) is 2.77. The number of carbonyl (C=O) groups excluding carboxylic acids is 1. The number of piperazine rings is 1. The van der Waals surface area contributed by atoms with Crippen LogP contribution in [0.3, 0.4) is 0 Å². The van der Waals surface area contributed by atoms with Gasteiger partial charge in [-0.1, -0.05) is 42.5 Å². The number of nitrogens with one attached hydrogen (secondary N) is 1. The van der Waals surface area contributed by atoms with Crippen molar-refractivity contribution in [3.63, 3.8) is 0 Å². The summed E-state index contributed by atoms with van der Waals surface area (Å²) in [7, 11) is 0. The quantitative estimate of drug-likeness (QED) is 0.682. The van der Waals surface area contributed by atoms with Crippen molar-refractivity contribution < 1.29 is 4.79 Å². The van der Waals surface area contributed by atoms with Gasteiger partial charge in [0.05, 0.1) is 10.0 Å². The number of piperidine rings is 1. The number of rotatable bonds is 4. The summed E-state index contributed by atoms with van der Waals surface area (Å²) in [6.07, 6.45) is 9.75. The first-order valence-electron chi connectivity index (χ1n) is 11.6. The van der Waals surface area contributed by atoms with Crippen molar-refractivity contribution in [1.82, 2.24) is 14.7 Å². The second-order valence-corrected chi connectivity index (χ2v) is 9.96. The Morgan fingerprint density at radius 3 is 2.43 bits per heavy atom. The van der Waals surface area contributed by atoms with Crippen LogP contribution in [0.4, 0.5) is 10.5 Å². The second-order valence-electron chi connectivity index (χ2n) is 9.14. The third-order valence-corrected chi connectivity index (χ3v) is 7.73. The minimum atomic E-state index is -0.0609. The van der Waals surface area contributed by atoms with Gasteiger partial charge in [-0.05, 0) is 56.3 Å². The molecule has 5 nitrogen and oxygen atoms in total. The van der Waals surface area contributed by atoms with Crippen LogP contribution in [0.25, 0.3) is 0 Å². The zero-order valence-electron chi connectivity index (χ0n) is 17.8. The van der Waals surface area contributed by atoms with Gasteiger partial charge in [-0.3, -0.25) is 4.90 Å². The largest absolute Gasteiger partial charge is 0.322 e. The van der Waals surface area contributed by atoms with E-state index >= 15 is 0 Å². The Labute approximate surface area is 190 Å². The maximum absolute atomic E-state index is 12.6. The van der Waals surface area contributed by atoms with Crippen LogP contribution in [-0.4, -0.2) is 72.6 Å². The van der Waals surface area contributed by atoms with Gasteiger partial charge in [0.2, 0.25) is 0 Å². The number of carbonyl (C=O) groups is 1. The lowest BCUT2D eigenvalue weighted by Gasteiger charge is -2.42. The van der Waals surface area contributed by atoms with Crippen molar-refractivity contribution in [1.29, 1.82) is 0 Å². The van der Waals surface area contributed by atoms with Crippen LogP contribution in [-0.2, 0) is 0 Å². The third kappa shape index (κ3) is 5.82. The van der Waals surface area contributed by atoms with Gasteiger partial charge in [0.15, 0.2) is 0 Å². The summed E-state index contributed by atoms with van der Waals surface area (Å²) in [6, 6.07) is 5.96. The summed E-state index contributed by atoms with van der Waals surface area (Å²) in [5, 5.41) is 3.88. The number of nitrogens with zero attached hydrogens (tertiary/aromatic N) is 3. The first-order chi connectivity index (χ1) is 14.6. The highest BCUT2D eigenvalue weighted by atomic mass is 35.5. The molecule has 1 aromatic rings. The van der Waals surface area contributed by atoms with E-state index in [1.165, 1.54) is 64.6 Å². The summed E-state index contributed by atoms with van der Waals surface area (Å²) in [5.74, 6) is 0.775. The molecule has 2 heterocycles. The molecule has 166 valence electrons. The van der Waals surface area contributed by atoms with Gasteiger partial charge in [0.1, 0.15) is 0 Å². The smallest absolute Gasteiger partial charge is 0.321 e. The number of likely N-dealkylation sites (tertiary alicyclic amines) is 1. The standard InChI is InChI=1S/C23H34Cl2N4O/c24-21-9-8-19(15-22(21)25)26-23(30)28-13-11-27(12-14-28)16-18-5-4-10-29(17-18)20-6-2-1-3-7-20/h8-9,15,18,20H,1-7,10-14,16-17H2,(H,26,30)/t18-/m1/s1. The first kappa shape index (κ1) is 22.2. The molecule has 0 unspecified atom stereocenters. The third-order valence-electron chi connectivity index (χ3n) is 6.99. The number of hydrogen-bond donors (Lipinski definition) is 1. The van der Waals surface area contributed by atoms with Gasteiger partial charge in [-0.2, -0.15) is 0 Å². The second kappa shape index (κ2) is 10.5. The number of benzene rings is 1. The molecule has 2 saturated heterocycles. The molecule has 30 heavy (non-hydrogen) atoms. The number of hydrogen-bond acceptors (Lipinski definition) is 3. The van der Waals surface area contributed by atoms with Crippen LogP contribution in [0.5, 0.6) is 0 Å². The van der Waals surface area contributed by atoms with E-state index in [1.54, 1.807) is 18.2 Å². The minimum absolute atomic E-state index is 0.0609. The molecule has 2 aliphatic heterocycles. The first-order valence-corrected chi connectivity index (χ1v) is 12.3. The van der Waals surface area contributed by atoms with Gasteiger partial charge in [-0.15, -0.1) is 0 Å². The highest BCUT2D eigenvalue weighted by molar-refractivity contribution is 6.42. The zero-order valence-corrected chi connectivity index (χ0v) is 19.3. The van der Waals surface area contributed by atoms with Crippen molar-refractivity contribution >= 4 is 34.9 Å². The monoisotopic (exact) mass is 452 g/mol. The molecule has 3 fully saturated rings. The lowest BCUT2D eigenvalue weighted by molar-refractivity contribution is 0.0690. The van der Waals surface area contributed by atoms with Crippen LogP contribution in [0, 0.1) is 5.92 Å². The van der Waals surface area contributed by atoms with Crippen molar-refractivity contribution in [3.05, 3.63) is 28.2 Å². The number of urea groups is 1. The van der Waals surface area contributed by atoms with E-state index in [0.29, 0.717) is 15.7 Å². The Bertz CT molecular complexity index is 717. The molecule has 0 radical (unpaired) electrons. The van der Waals surface area contributed by atoms with Gasteiger partial charge < -0.3 is 15.1 Å². The fraction of sp³-hybridized carbons (Fsp3) is 0.696. The molecule has 2 amide bonds. The fourth-order valence-corrected chi connectivity index (χ4v) is 5.60. The molecule has 1 aromatic carbocycles. The van der Waals surface area contributed by atoms with Crippen LogP contribution >= 0.6 is 23.2 Å². The van der Waals surface area contributed by atoms with Crippen LogP contribution in [0.2, 0.25) is 10.0 Å². The highest BCUT2D eigenvalue weighted by Gasteiger charge is 2.29. The molecular formula is C23H34Cl2N4O. The molecule has 4 rings (SSSR count). The van der Waals surface area contributed by atoms with Crippen molar-refractivity contribution in [3.8, 4) is 0 Å². The molecular weight excluding hydrogens is 419 g/mol. The maximum atomic E-state index is 12.6. The molecule has 1 aliphatic carbocycles. The van der Waals surface area contributed by atoms with Crippen molar-refractivity contribution in [2.24, 2.45) is 5.92 Å². The topological polar surface area (TPSA) is 38.8 Å². The van der Waals surface area contributed by atoms with E-state index in [2.05, 4.69) is 15.1 Å². The summed E-state index contributed by atoms with van der Waals surface area (Å²) in [5.41, 5.74) is 0.682. The lowest BCUT2D eigenvalue weighted by Crippen LogP contribution is -2.52. The Morgan fingerprint density at radius 1 is 0.933 bits per heavy atom. The predicted molar refractivity (Wildman–Crippen MR) is 125 cm³/mol. The van der Waals surface area contributed by atoms with E-state index < -0.39 is 0 Å². The average molecular weight is 453 g/mol. The van der Waals surface area contributed by atoms with Gasteiger partial charge in [0, 0.05) is 51.0 Å². The Balaban J connectivity index is 1.21. The molecule has 1 atom stereocenters. The summed E-state index contributed by atoms with van der Waals surface area (Å²) >= 11 is 12.0. The van der Waals surface area contributed by atoms with Gasteiger partial charge in [-0.25, -0.2) is 4.79 Å². The fourth-order valence-electron chi connectivity index (χ4n) is 5.30. The SMILES string of the molecule is O=C(Nc1ccc(Cl)c(Cl)c1)N1CCN(C[C@H]2CCCN(C3CCCCC3)C2)CC1. The zero-order chi connectivity index (χ0) is 20.9. The summed E-state index contributed by atoms with van der Waals surface area (Å²) in [6.45, 7) is 7.18. The minimum Gasteiger partial charge on any atom is -0.322 e. The van der Waals surface area contributed by atoms with E-state index in [4.69, 9.17) is 23.2 Å². The van der Waals surface area contributed by atoms with Crippen LogP contribution in [0.15, 0.2) is 18.2 Å². The Kier molecular flexibility index (Phi) is 7.79. The summed E-state index contributed by atoms with van der Waals surface area (Å²) < 4.78 is 0. The van der Waals surface area contributed by atoms with Crippen molar-refractivity contribution in [2.45, 2.75) is 51.0 Å². The van der Waals surface area contributed by atoms with Crippen LogP contribution in [0.1, 0.15) is 44.9 Å². The van der Waals surface area contributed by atoms with E-state index in [0.717, 1.165) is 38.1 Å². The molecule has 1 N–H and O–H groups in total. The Morgan fingerprint density at radius 2 is 1.70 bits per heavy atom. The number of anilines is 1. The normalized spacial score (nSPS) is 24.7. The molecule has 0 bridgehead atoms. The lowest BCUT2D eigenvalue weighted by atomic mass is 9.90. The van der Waals surface area contributed by atoms with E-state index in [1.807, 2.05) is 4.90 Å². The summed E-state index contributed by atoms with van der Waals surface area (Å²) in [4.78, 5) is 19.8. The molecule has 0 aromatic heterocycles.